The number of rotatable bonds is 3. The molecule has 0 aliphatic carbocycles. The third-order valence-corrected chi connectivity index (χ3v) is 0.661. The quantitative estimate of drug-likeness (QED) is 0.262. The molecule has 0 aliphatic heterocycles. The SMILES string of the molecule is N=C(N)CNC(=O)CN. The molecule has 1 amide bonds. The number of amides is 1. The fraction of sp³-hybridized carbons (Fsp3) is 0.500. The summed E-state index contributed by atoms with van der Waals surface area (Å²) in [5.41, 5.74) is 9.86. The van der Waals surface area contributed by atoms with Crippen molar-refractivity contribution >= 4 is 11.7 Å². The van der Waals surface area contributed by atoms with Gasteiger partial charge in [0.1, 0.15) is 5.84 Å². The molecule has 9 heavy (non-hydrogen) atoms. The van der Waals surface area contributed by atoms with Gasteiger partial charge in [-0.15, -0.1) is 0 Å². The molecule has 0 rings (SSSR count). The van der Waals surface area contributed by atoms with Gasteiger partial charge < -0.3 is 16.8 Å². The van der Waals surface area contributed by atoms with E-state index < -0.39 is 0 Å². The van der Waals surface area contributed by atoms with Crippen LogP contribution in [0.15, 0.2) is 0 Å². The average molecular weight is 130 g/mol. The molecule has 6 N–H and O–H groups in total. The summed E-state index contributed by atoms with van der Waals surface area (Å²) in [5.74, 6) is -0.373. The maximum atomic E-state index is 10.3. The standard InChI is InChI=1S/C4H10N4O/c5-1-4(9)8-2-3(6)7/h1-2,5H2,(H3,6,7)(H,8,9). The molecule has 5 nitrogen and oxygen atoms in total. The summed E-state index contributed by atoms with van der Waals surface area (Å²) in [7, 11) is 0. The first kappa shape index (κ1) is 7.90. The molecule has 5 heteroatoms. The Morgan fingerprint density at radius 3 is 2.56 bits per heavy atom. The van der Waals surface area contributed by atoms with Gasteiger partial charge in [0.2, 0.25) is 5.91 Å². The molecule has 0 bridgehead atoms. The maximum absolute atomic E-state index is 10.3. The number of nitrogens with two attached hydrogens (primary N) is 2. The number of hydrogen-bond acceptors (Lipinski definition) is 3. The minimum Gasteiger partial charge on any atom is -0.386 e. The lowest BCUT2D eigenvalue weighted by Crippen LogP contribution is -2.36. The Morgan fingerprint density at radius 2 is 2.22 bits per heavy atom. The Hall–Kier alpha value is -1.10. The first-order chi connectivity index (χ1) is 4.16. The number of carbonyl (C=O) groups excluding carboxylic acids is 1. The third kappa shape index (κ3) is 4.76. The molecule has 0 saturated heterocycles. The second-order valence-electron chi connectivity index (χ2n) is 1.51. The van der Waals surface area contributed by atoms with Gasteiger partial charge in [-0.05, 0) is 0 Å². The molecule has 0 aromatic rings. The molecule has 0 aromatic heterocycles. The van der Waals surface area contributed by atoms with Crippen molar-refractivity contribution in [2.75, 3.05) is 13.1 Å². The molecule has 0 spiro atoms. The monoisotopic (exact) mass is 130 g/mol. The molecular formula is C4H10N4O. The topological polar surface area (TPSA) is 105 Å². The predicted molar refractivity (Wildman–Crippen MR) is 34.0 cm³/mol. The van der Waals surface area contributed by atoms with Crippen LogP contribution in [0, 0.1) is 5.41 Å². The summed E-state index contributed by atoms with van der Waals surface area (Å²) in [5, 5.41) is 9.00. The summed E-state index contributed by atoms with van der Waals surface area (Å²) in [6.07, 6.45) is 0. The van der Waals surface area contributed by atoms with E-state index in [0.717, 1.165) is 0 Å². The van der Waals surface area contributed by atoms with Gasteiger partial charge in [-0.25, -0.2) is 0 Å². The van der Waals surface area contributed by atoms with Crippen molar-refractivity contribution in [3.63, 3.8) is 0 Å². The van der Waals surface area contributed by atoms with Crippen LogP contribution in [0.2, 0.25) is 0 Å². The number of carbonyl (C=O) groups is 1. The lowest BCUT2D eigenvalue weighted by molar-refractivity contribution is -0.119. The van der Waals surface area contributed by atoms with E-state index in [-0.39, 0.29) is 24.8 Å². The van der Waals surface area contributed by atoms with Gasteiger partial charge in [-0.1, -0.05) is 0 Å². The summed E-state index contributed by atoms with van der Waals surface area (Å²) in [6.45, 7) is 0.0172. The largest absolute Gasteiger partial charge is 0.386 e. The van der Waals surface area contributed by atoms with Crippen LogP contribution in [0.4, 0.5) is 0 Å². The first-order valence-corrected chi connectivity index (χ1v) is 2.46. The highest BCUT2D eigenvalue weighted by Crippen LogP contribution is 1.58. The molecule has 0 heterocycles. The van der Waals surface area contributed by atoms with Gasteiger partial charge in [-0.3, -0.25) is 10.2 Å². The van der Waals surface area contributed by atoms with Crippen LogP contribution >= 0.6 is 0 Å². The zero-order chi connectivity index (χ0) is 7.28. The average Bonchev–Trinajstić information content (AvgIpc) is 1.83. The van der Waals surface area contributed by atoms with Gasteiger partial charge in [0.05, 0.1) is 13.1 Å². The highest BCUT2D eigenvalue weighted by atomic mass is 16.1. The van der Waals surface area contributed by atoms with E-state index in [1.165, 1.54) is 0 Å². The van der Waals surface area contributed by atoms with E-state index in [1.54, 1.807) is 0 Å². The van der Waals surface area contributed by atoms with Gasteiger partial charge in [-0.2, -0.15) is 0 Å². The van der Waals surface area contributed by atoms with E-state index in [9.17, 15) is 4.79 Å². The van der Waals surface area contributed by atoms with Crippen LogP contribution < -0.4 is 16.8 Å². The molecule has 0 saturated carbocycles. The number of amidine groups is 1. The fourth-order valence-electron chi connectivity index (χ4n) is 0.266. The van der Waals surface area contributed by atoms with Gasteiger partial charge in [0, 0.05) is 0 Å². The van der Waals surface area contributed by atoms with Crippen LogP contribution in [0.5, 0.6) is 0 Å². The van der Waals surface area contributed by atoms with Crippen molar-refractivity contribution in [3.05, 3.63) is 0 Å². The van der Waals surface area contributed by atoms with Crippen molar-refractivity contribution in [1.82, 2.24) is 5.32 Å². The Kier molecular flexibility index (Phi) is 3.38. The highest BCUT2D eigenvalue weighted by Gasteiger charge is 1.94. The lowest BCUT2D eigenvalue weighted by atomic mass is 10.5. The smallest absolute Gasteiger partial charge is 0.234 e. The molecule has 0 atom stereocenters. The molecule has 0 aliphatic rings. The van der Waals surface area contributed by atoms with E-state index in [0.29, 0.717) is 0 Å². The second-order valence-corrected chi connectivity index (χ2v) is 1.51. The second kappa shape index (κ2) is 3.85. The van der Waals surface area contributed by atoms with Gasteiger partial charge in [0.15, 0.2) is 0 Å². The molecule has 0 fully saturated rings. The Morgan fingerprint density at radius 1 is 1.67 bits per heavy atom. The number of nitrogens with one attached hydrogen (secondary N) is 2. The van der Waals surface area contributed by atoms with Crippen molar-refractivity contribution < 1.29 is 4.79 Å². The van der Waals surface area contributed by atoms with Gasteiger partial charge >= 0.3 is 0 Å². The summed E-state index contributed by atoms with van der Waals surface area (Å²) < 4.78 is 0. The Balaban J connectivity index is 3.28. The summed E-state index contributed by atoms with van der Waals surface area (Å²) in [4.78, 5) is 10.3. The van der Waals surface area contributed by atoms with E-state index in [1.807, 2.05) is 0 Å². The fourth-order valence-corrected chi connectivity index (χ4v) is 0.266. The van der Waals surface area contributed by atoms with Crippen LogP contribution in [0.1, 0.15) is 0 Å². The van der Waals surface area contributed by atoms with Crippen molar-refractivity contribution in [2.45, 2.75) is 0 Å². The van der Waals surface area contributed by atoms with Crippen molar-refractivity contribution in [3.8, 4) is 0 Å². The van der Waals surface area contributed by atoms with Crippen molar-refractivity contribution in [1.29, 1.82) is 5.41 Å². The van der Waals surface area contributed by atoms with E-state index >= 15 is 0 Å². The molecule has 0 aromatic carbocycles. The summed E-state index contributed by atoms with van der Waals surface area (Å²) in [6, 6.07) is 0. The highest BCUT2D eigenvalue weighted by molar-refractivity contribution is 5.85. The lowest BCUT2D eigenvalue weighted by Gasteiger charge is -1.98. The predicted octanol–water partition coefficient (Wildman–Crippen LogP) is -2.00. The minimum absolute atomic E-state index is 0.0622. The summed E-state index contributed by atoms with van der Waals surface area (Å²) >= 11 is 0. The van der Waals surface area contributed by atoms with E-state index in [2.05, 4.69) is 5.32 Å². The Bertz CT molecular complexity index is 122. The zero-order valence-corrected chi connectivity index (χ0v) is 4.98. The zero-order valence-electron chi connectivity index (χ0n) is 4.98. The molecular weight excluding hydrogens is 120 g/mol. The van der Waals surface area contributed by atoms with Crippen LogP contribution in [-0.4, -0.2) is 24.8 Å². The van der Waals surface area contributed by atoms with Crippen LogP contribution in [0.25, 0.3) is 0 Å². The minimum atomic E-state index is -0.301. The maximum Gasteiger partial charge on any atom is 0.234 e. The van der Waals surface area contributed by atoms with E-state index in [4.69, 9.17) is 16.9 Å². The normalized spacial score (nSPS) is 8.56. The van der Waals surface area contributed by atoms with Crippen LogP contribution in [0.3, 0.4) is 0 Å². The first-order valence-electron chi connectivity index (χ1n) is 2.46. The molecule has 0 unspecified atom stereocenters. The third-order valence-electron chi connectivity index (χ3n) is 0.661. The van der Waals surface area contributed by atoms with Gasteiger partial charge in [0.25, 0.3) is 0 Å². The molecule has 0 radical (unpaired) electrons. The molecule has 52 valence electrons. The van der Waals surface area contributed by atoms with Crippen molar-refractivity contribution in [2.24, 2.45) is 11.5 Å². The Labute approximate surface area is 52.9 Å². The van der Waals surface area contributed by atoms with Crippen LogP contribution in [-0.2, 0) is 4.79 Å². The number of hydrogen-bond donors (Lipinski definition) is 4.